The molecule has 2 aromatic heterocycles. The summed E-state index contributed by atoms with van der Waals surface area (Å²) in [5, 5.41) is 22.2. The lowest BCUT2D eigenvalue weighted by molar-refractivity contribution is 0.102. The van der Waals surface area contributed by atoms with Crippen molar-refractivity contribution < 1.29 is 9.18 Å². The molecular weight excluding hydrogens is 399 g/mol. The number of carbonyl (C=O) groups is 1. The van der Waals surface area contributed by atoms with Crippen LogP contribution < -0.4 is 5.32 Å². The topological polar surface area (TPSA) is 103 Å². The van der Waals surface area contributed by atoms with Crippen LogP contribution in [0.1, 0.15) is 22.0 Å². The van der Waals surface area contributed by atoms with Crippen molar-refractivity contribution in [2.75, 3.05) is 5.32 Å². The highest BCUT2D eigenvalue weighted by molar-refractivity contribution is 6.30. The van der Waals surface area contributed by atoms with E-state index < -0.39 is 11.7 Å². The second-order valence-corrected chi connectivity index (χ2v) is 6.61. The van der Waals surface area contributed by atoms with E-state index in [1.165, 1.54) is 27.6 Å². The van der Waals surface area contributed by atoms with Crippen molar-refractivity contribution in [3.8, 4) is 11.4 Å². The zero-order valence-corrected chi connectivity index (χ0v) is 16.1. The standard InChI is InChI=1S/C18H14ClFN8O/c1-10-17(23-25-27(10)14-5-3-4-12(19)8-14)18(29)21-13-6-7-15(20)16(9-13)28-11(2)22-24-26-28/h3-9H,1-2H3,(H,21,29). The van der Waals surface area contributed by atoms with Crippen LogP contribution in [0.2, 0.25) is 5.02 Å². The molecule has 0 unspecified atom stereocenters. The summed E-state index contributed by atoms with van der Waals surface area (Å²) in [6.07, 6.45) is 0. The monoisotopic (exact) mass is 412 g/mol. The number of benzene rings is 2. The summed E-state index contributed by atoms with van der Waals surface area (Å²) in [7, 11) is 0. The maximum atomic E-state index is 14.2. The minimum atomic E-state index is -0.526. The van der Waals surface area contributed by atoms with Crippen molar-refractivity contribution >= 4 is 23.2 Å². The van der Waals surface area contributed by atoms with Gasteiger partial charge in [0.25, 0.3) is 5.91 Å². The molecule has 0 bridgehead atoms. The molecule has 0 aliphatic rings. The highest BCUT2D eigenvalue weighted by Crippen LogP contribution is 2.21. The molecule has 1 N–H and O–H groups in total. The maximum absolute atomic E-state index is 14.2. The molecule has 2 aromatic carbocycles. The first kappa shape index (κ1) is 18.7. The third kappa shape index (κ3) is 3.57. The van der Waals surface area contributed by atoms with Gasteiger partial charge < -0.3 is 5.32 Å². The van der Waals surface area contributed by atoms with E-state index in [4.69, 9.17) is 11.6 Å². The summed E-state index contributed by atoms with van der Waals surface area (Å²) in [4.78, 5) is 12.7. The number of halogens is 2. The molecule has 146 valence electrons. The summed E-state index contributed by atoms with van der Waals surface area (Å²) < 4.78 is 17.0. The van der Waals surface area contributed by atoms with Gasteiger partial charge in [0.15, 0.2) is 11.5 Å². The van der Waals surface area contributed by atoms with Crippen LogP contribution in [-0.4, -0.2) is 41.1 Å². The minimum absolute atomic E-state index is 0.115. The normalized spacial score (nSPS) is 10.9. The number of hydrogen-bond donors (Lipinski definition) is 1. The second-order valence-electron chi connectivity index (χ2n) is 6.17. The van der Waals surface area contributed by atoms with Crippen molar-refractivity contribution in [2.45, 2.75) is 13.8 Å². The molecule has 0 radical (unpaired) electrons. The molecular formula is C18H14ClFN8O. The van der Waals surface area contributed by atoms with E-state index in [1.807, 2.05) is 0 Å². The van der Waals surface area contributed by atoms with Crippen LogP contribution in [0.3, 0.4) is 0 Å². The number of hydrogen-bond acceptors (Lipinski definition) is 6. The number of carbonyl (C=O) groups excluding carboxylic acids is 1. The van der Waals surface area contributed by atoms with Gasteiger partial charge in [-0.25, -0.2) is 9.07 Å². The summed E-state index contributed by atoms with van der Waals surface area (Å²) in [6, 6.07) is 11.1. The summed E-state index contributed by atoms with van der Waals surface area (Å²) in [5.74, 6) is -0.601. The van der Waals surface area contributed by atoms with E-state index in [-0.39, 0.29) is 11.4 Å². The van der Waals surface area contributed by atoms with Crippen LogP contribution in [0.25, 0.3) is 11.4 Å². The Bertz CT molecular complexity index is 1220. The fourth-order valence-electron chi connectivity index (χ4n) is 2.79. The number of rotatable bonds is 4. The van der Waals surface area contributed by atoms with E-state index >= 15 is 0 Å². The zero-order chi connectivity index (χ0) is 20.5. The van der Waals surface area contributed by atoms with E-state index in [0.29, 0.717) is 27.9 Å². The van der Waals surface area contributed by atoms with Crippen LogP contribution in [-0.2, 0) is 0 Å². The maximum Gasteiger partial charge on any atom is 0.278 e. The van der Waals surface area contributed by atoms with Crippen molar-refractivity contribution in [1.29, 1.82) is 0 Å². The summed E-state index contributed by atoms with van der Waals surface area (Å²) in [5.41, 5.74) is 1.82. The Morgan fingerprint density at radius 3 is 2.62 bits per heavy atom. The van der Waals surface area contributed by atoms with Gasteiger partial charge in [-0.3, -0.25) is 4.79 Å². The Labute approximate surface area is 169 Å². The Hall–Kier alpha value is -3.66. The molecule has 0 fully saturated rings. The van der Waals surface area contributed by atoms with Gasteiger partial charge in [-0.05, 0) is 60.7 Å². The largest absolute Gasteiger partial charge is 0.320 e. The zero-order valence-electron chi connectivity index (χ0n) is 15.3. The van der Waals surface area contributed by atoms with Crippen molar-refractivity contribution in [3.05, 3.63) is 70.5 Å². The Balaban J connectivity index is 1.62. The molecule has 0 aliphatic carbocycles. The van der Waals surface area contributed by atoms with Gasteiger partial charge in [0.05, 0.1) is 11.4 Å². The molecule has 0 atom stereocenters. The number of aryl methyl sites for hydroxylation is 1. The highest BCUT2D eigenvalue weighted by atomic mass is 35.5. The fourth-order valence-corrected chi connectivity index (χ4v) is 2.97. The predicted octanol–water partition coefficient (Wildman–Crippen LogP) is 2.90. The highest BCUT2D eigenvalue weighted by Gasteiger charge is 2.19. The average Bonchev–Trinajstić information content (AvgIpc) is 3.29. The predicted molar refractivity (Wildman–Crippen MR) is 103 cm³/mol. The number of anilines is 1. The second kappa shape index (κ2) is 7.40. The lowest BCUT2D eigenvalue weighted by atomic mass is 10.2. The molecule has 4 aromatic rings. The van der Waals surface area contributed by atoms with E-state index in [2.05, 4.69) is 31.2 Å². The Kier molecular flexibility index (Phi) is 4.77. The molecule has 2 heterocycles. The van der Waals surface area contributed by atoms with Crippen molar-refractivity contribution in [2.24, 2.45) is 0 Å². The number of tetrazole rings is 1. The van der Waals surface area contributed by atoms with Gasteiger partial charge in [-0.2, -0.15) is 4.68 Å². The molecule has 1 amide bonds. The SMILES string of the molecule is Cc1nnnn1-c1cc(NC(=O)c2nnn(-c3cccc(Cl)c3)c2C)ccc1F. The lowest BCUT2D eigenvalue weighted by Gasteiger charge is -2.08. The van der Waals surface area contributed by atoms with Gasteiger partial charge >= 0.3 is 0 Å². The Morgan fingerprint density at radius 2 is 1.90 bits per heavy atom. The van der Waals surface area contributed by atoms with E-state index in [9.17, 15) is 9.18 Å². The molecule has 11 heteroatoms. The quantitative estimate of drug-likeness (QED) is 0.552. The van der Waals surface area contributed by atoms with Gasteiger partial charge in [0.1, 0.15) is 11.5 Å². The first-order valence-electron chi connectivity index (χ1n) is 8.48. The molecule has 4 rings (SSSR count). The Morgan fingerprint density at radius 1 is 1.07 bits per heavy atom. The van der Waals surface area contributed by atoms with Gasteiger partial charge in [-0.1, -0.05) is 22.9 Å². The number of aromatic nitrogens is 7. The molecule has 0 saturated carbocycles. The third-order valence-electron chi connectivity index (χ3n) is 4.22. The van der Waals surface area contributed by atoms with Crippen LogP contribution in [0.15, 0.2) is 42.5 Å². The summed E-state index contributed by atoms with van der Waals surface area (Å²) in [6.45, 7) is 3.36. The molecule has 0 aliphatic heterocycles. The van der Waals surface area contributed by atoms with E-state index in [0.717, 1.165) is 0 Å². The van der Waals surface area contributed by atoms with Crippen LogP contribution in [0, 0.1) is 19.7 Å². The molecule has 0 spiro atoms. The fraction of sp³-hybridized carbons (Fsp3) is 0.111. The molecule has 0 saturated heterocycles. The first-order valence-corrected chi connectivity index (χ1v) is 8.86. The van der Waals surface area contributed by atoms with Crippen molar-refractivity contribution in [1.82, 2.24) is 35.2 Å². The van der Waals surface area contributed by atoms with Gasteiger partial charge in [-0.15, -0.1) is 10.2 Å². The minimum Gasteiger partial charge on any atom is -0.320 e. The third-order valence-corrected chi connectivity index (χ3v) is 4.46. The summed E-state index contributed by atoms with van der Waals surface area (Å²) >= 11 is 6.02. The average molecular weight is 413 g/mol. The van der Waals surface area contributed by atoms with Gasteiger partial charge in [0, 0.05) is 10.7 Å². The lowest BCUT2D eigenvalue weighted by Crippen LogP contribution is -2.15. The number of nitrogens with zero attached hydrogens (tertiary/aromatic N) is 7. The van der Waals surface area contributed by atoms with E-state index in [1.54, 1.807) is 38.1 Å². The number of nitrogens with one attached hydrogen (secondary N) is 1. The van der Waals surface area contributed by atoms with Crippen LogP contribution >= 0.6 is 11.6 Å². The molecule has 29 heavy (non-hydrogen) atoms. The molecule has 9 nitrogen and oxygen atoms in total. The van der Waals surface area contributed by atoms with Gasteiger partial charge in [0.2, 0.25) is 0 Å². The van der Waals surface area contributed by atoms with Crippen LogP contribution in [0.4, 0.5) is 10.1 Å². The van der Waals surface area contributed by atoms with Crippen molar-refractivity contribution in [3.63, 3.8) is 0 Å². The first-order chi connectivity index (χ1) is 13.9. The smallest absolute Gasteiger partial charge is 0.278 e. The van der Waals surface area contributed by atoms with Crippen LogP contribution in [0.5, 0.6) is 0 Å². The number of amides is 1.